The molecule has 0 unspecified atom stereocenters. The molecule has 30 heavy (non-hydrogen) atoms. The van der Waals surface area contributed by atoms with Crippen LogP contribution in [0.5, 0.6) is 5.75 Å². The minimum Gasteiger partial charge on any atom is -0.496 e. The number of carbonyl (C=O) groups excluding carboxylic acids is 1. The number of nitrogens with zero attached hydrogens (tertiary/aromatic N) is 1. The molecule has 6 rings (SSSR count). The fraction of sp³-hybridized carbons (Fsp3) is 0.600. The summed E-state index contributed by atoms with van der Waals surface area (Å²) in [5.41, 5.74) is 3.44. The van der Waals surface area contributed by atoms with Gasteiger partial charge in [0.2, 0.25) is 0 Å². The van der Waals surface area contributed by atoms with Crippen LogP contribution in [0.4, 0.5) is 0 Å². The summed E-state index contributed by atoms with van der Waals surface area (Å²) in [6, 6.07) is 3.98. The van der Waals surface area contributed by atoms with Gasteiger partial charge in [-0.3, -0.25) is 4.79 Å². The van der Waals surface area contributed by atoms with Gasteiger partial charge in [0.1, 0.15) is 5.75 Å². The molecule has 1 aromatic rings. The van der Waals surface area contributed by atoms with Crippen molar-refractivity contribution in [1.82, 2.24) is 5.32 Å². The van der Waals surface area contributed by atoms with Gasteiger partial charge in [-0.15, -0.1) is 0 Å². The SMILES string of the molecule is COc1cc2c(cc1/C=N/O)/C(=C/C(=O)C13CC4CC(CC(C4)C1)C3)NC(C)(C)C2. The molecule has 0 atom stereocenters. The van der Waals surface area contributed by atoms with Crippen LogP contribution in [-0.4, -0.2) is 29.9 Å². The molecule has 4 saturated carbocycles. The molecule has 1 aliphatic heterocycles. The van der Waals surface area contributed by atoms with Crippen LogP contribution in [0.2, 0.25) is 0 Å². The molecule has 160 valence electrons. The Bertz CT molecular complexity index is 909. The summed E-state index contributed by atoms with van der Waals surface area (Å²) in [4.78, 5) is 13.7. The van der Waals surface area contributed by atoms with Gasteiger partial charge in [0.15, 0.2) is 5.78 Å². The Morgan fingerprint density at radius 3 is 2.37 bits per heavy atom. The van der Waals surface area contributed by atoms with E-state index >= 15 is 0 Å². The first-order valence-corrected chi connectivity index (χ1v) is 11.2. The first kappa shape index (κ1) is 19.7. The van der Waals surface area contributed by atoms with Crippen LogP contribution in [0.3, 0.4) is 0 Å². The molecule has 4 fully saturated rings. The van der Waals surface area contributed by atoms with Gasteiger partial charge in [-0.05, 0) is 94.2 Å². The zero-order valence-corrected chi connectivity index (χ0v) is 18.2. The van der Waals surface area contributed by atoms with Crippen molar-refractivity contribution in [2.24, 2.45) is 28.3 Å². The lowest BCUT2D eigenvalue weighted by Gasteiger charge is -2.55. The summed E-state index contributed by atoms with van der Waals surface area (Å²) >= 11 is 0. The summed E-state index contributed by atoms with van der Waals surface area (Å²) < 4.78 is 5.50. The first-order chi connectivity index (χ1) is 14.3. The molecule has 5 aliphatic rings. The molecule has 0 aromatic heterocycles. The monoisotopic (exact) mass is 408 g/mol. The molecule has 1 heterocycles. The van der Waals surface area contributed by atoms with E-state index in [1.54, 1.807) is 7.11 Å². The van der Waals surface area contributed by atoms with Crippen LogP contribution in [0, 0.1) is 23.2 Å². The van der Waals surface area contributed by atoms with Gasteiger partial charge in [-0.1, -0.05) is 5.16 Å². The van der Waals surface area contributed by atoms with Gasteiger partial charge in [0, 0.05) is 33.9 Å². The fourth-order valence-corrected chi connectivity index (χ4v) is 7.14. The van der Waals surface area contributed by atoms with E-state index in [2.05, 4.69) is 24.3 Å². The van der Waals surface area contributed by atoms with E-state index in [0.29, 0.717) is 17.1 Å². The highest BCUT2D eigenvalue weighted by molar-refractivity contribution is 6.01. The minimum absolute atomic E-state index is 0.146. The van der Waals surface area contributed by atoms with Crippen molar-refractivity contribution in [3.63, 3.8) is 0 Å². The molecule has 0 spiro atoms. The highest BCUT2D eigenvalue weighted by atomic mass is 16.5. The number of hydrogen-bond donors (Lipinski definition) is 2. The highest BCUT2D eigenvalue weighted by Crippen LogP contribution is 2.60. The smallest absolute Gasteiger partial charge is 0.163 e. The van der Waals surface area contributed by atoms with Crippen molar-refractivity contribution >= 4 is 17.7 Å². The number of oxime groups is 1. The number of benzene rings is 1. The molecule has 4 bridgehead atoms. The topological polar surface area (TPSA) is 70.9 Å². The highest BCUT2D eigenvalue weighted by Gasteiger charge is 2.54. The van der Waals surface area contributed by atoms with E-state index in [4.69, 9.17) is 9.94 Å². The zero-order valence-electron chi connectivity index (χ0n) is 18.2. The number of allylic oxidation sites excluding steroid dienone is 1. The van der Waals surface area contributed by atoms with Crippen molar-refractivity contribution in [3.05, 3.63) is 34.9 Å². The third kappa shape index (κ3) is 3.23. The van der Waals surface area contributed by atoms with Gasteiger partial charge < -0.3 is 15.3 Å². The summed E-state index contributed by atoms with van der Waals surface area (Å²) in [7, 11) is 1.62. The number of nitrogens with one attached hydrogen (secondary N) is 1. The Morgan fingerprint density at radius 2 is 1.80 bits per heavy atom. The Hall–Kier alpha value is -2.30. The van der Waals surface area contributed by atoms with E-state index in [0.717, 1.165) is 60.3 Å². The number of hydrogen-bond acceptors (Lipinski definition) is 5. The second kappa shape index (κ2) is 6.86. The number of carbonyl (C=O) groups is 1. The van der Waals surface area contributed by atoms with Crippen LogP contribution in [0.1, 0.15) is 69.1 Å². The molecule has 5 nitrogen and oxygen atoms in total. The predicted octanol–water partition coefficient (Wildman–Crippen LogP) is 4.55. The van der Waals surface area contributed by atoms with E-state index < -0.39 is 0 Å². The van der Waals surface area contributed by atoms with Gasteiger partial charge in [0.05, 0.1) is 13.3 Å². The molecule has 2 N–H and O–H groups in total. The maximum absolute atomic E-state index is 13.7. The Morgan fingerprint density at radius 1 is 1.17 bits per heavy atom. The number of methoxy groups -OCH3 is 1. The first-order valence-electron chi connectivity index (χ1n) is 11.2. The number of rotatable bonds is 4. The fourth-order valence-electron chi connectivity index (χ4n) is 7.14. The van der Waals surface area contributed by atoms with Gasteiger partial charge in [0.25, 0.3) is 0 Å². The maximum Gasteiger partial charge on any atom is 0.163 e. The molecular weight excluding hydrogens is 376 g/mol. The molecule has 0 saturated heterocycles. The lowest BCUT2D eigenvalue weighted by Crippen LogP contribution is -2.50. The Balaban J connectivity index is 1.55. The normalized spacial score (nSPS) is 34.8. The van der Waals surface area contributed by atoms with Gasteiger partial charge in [-0.25, -0.2) is 0 Å². The quantitative estimate of drug-likeness (QED) is 0.332. The van der Waals surface area contributed by atoms with E-state index in [1.807, 2.05) is 18.2 Å². The summed E-state index contributed by atoms with van der Waals surface area (Å²) in [5.74, 6) is 3.23. The molecular formula is C25H32N2O3. The Labute approximate surface area is 178 Å². The van der Waals surface area contributed by atoms with Crippen molar-refractivity contribution in [3.8, 4) is 5.75 Å². The molecule has 4 aliphatic carbocycles. The molecule has 0 amide bonds. The Kier molecular flexibility index (Phi) is 4.49. The van der Waals surface area contributed by atoms with Crippen molar-refractivity contribution in [1.29, 1.82) is 0 Å². The second-order valence-electron chi connectivity index (χ2n) is 10.8. The van der Waals surface area contributed by atoms with Crippen LogP contribution in [0.15, 0.2) is 23.4 Å². The van der Waals surface area contributed by atoms with Crippen molar-refractivity contribution < 1.29 is 14.7 Å². The number of fused-ring (bicyclic) bond motifs is 1. The van der Waals surface area contributed by atoms with Gasteiger partial charge in [-0.2, -0.15) is 0 Å². The third-order valence-electron chi connectivity index (χ3n) is 7.88. The molecule has 5 heteroatoms. The van der Waals surface area contributed by atoms with Crippen molar-refractivity contribution in [2.75, 3.05) is 7.11 Å². The maximum atomic E-state index is 13.7. The van der Waals surface area contributed by atoms with E-state index in [9.17, 15) is 4.79 Å². The van der Waals surface area contributed by atoms with Crippen LogP contribution >= 0.6 is 0 Å². The zero-order chi connectivity index (χ0) is 21.1. The summed E-state index contributed by atoms with van der Waals surface area (Å²) in [6.45, 7) is 4.32. The predicted molar refractivity (Wildman–Crippen MR) is 117 cm³/mol. The summed E-state index contributed by atoms with van der Waals surface area (Å²) in [5, 5.41) is 15.9. The van der Waals surface area contributed by atoms with Crippen LogP contribution < -0.4 is 10.1 Å². The largest absolute Gasteiger partial charge is 0.496 e. The lowest BCUT2D eigenvalue weighted by molar-refractivity contribution is -0.138. The van der Waals surface area contributed by atoms with E-state index in [1.165, 1.54) is 25.5 Å². The van der Waals surface area contributed by atoms with E-state index in [-0.39, 0.29) is 11.0 Å². The molecule has 0 radical (unpaired) electrons. The minimum atomic E-state index is -0.155. The van der Waals surface area contributed by atoms with Crippen LogP contribution in [-0.2, 0) is 11.2 Å². The summed E-state index contributed by atoms with van der Waals surface area (Å²) in [6.07, 6.45) is 11.3. The van der Waals surface area contributed by atoms with Gasteiger partial charge >= 0.3 is 0 Å². The van der Waals surface area contributed by atoms with Crippen molar-refractivity contribution in [2.45, 2.75) is 64.3 Å². The second-order valence-corrected chi connectivity index (χ2v) is 10.8. The third-order valence-corrected chi connectivity index (χ3v) is 7.88. The number of ketones is 1. The number of ether oxygens (including phenoxy) is 1. The van der Waals surface area contributed by atoms with Crippen LogP contribution in [0.25, 0.3) is 5.70 Å². The molecule has 1 aromatic carbocycles. The standard InChI is InChI=1S/C25H32N2O3/c1-24(2)13-18-8-22(30-3)19(14-26-29)7-20(18)21(27-24)9-23(28)25-10-15-4-16(11-25)6-17(5-15)12-25/h7-9,14-17,27,29H,4-6,10-13H2,1-3H3/b21-9-,26-14+. The lowest BCUT2D eigenvalue weighted by atomic mass is 9.48. The average molecular weight is 409 g/mol. The average Bonchev–Trinajstić information content (AvgIpc) is 2.66.